The molecule has 0 aliphatic rings. The third kappa shape index (κ3) is 3.59. The molecule has 0 saturated heterocycles. The van der Waals surface area contributed by atoms with Crippen LogP contribution in [0, 0.1) is 13.8 Å². The molecule has 0 unspecified atom stereocenters. The molecule has 1 aromatic heterocycles. The molecular weight excluding hydrogens is 242 g/mol. The number of benzene rings is 1. The van der Waals surface area contributed by atoms with Crippen molar-refractivity contribution in [2.45, 2.75) is 20.4 Å². The minimum Gasteiger partial charge on any atom is -0.492 e. The first-order valence-electron chi connectivity index (χ1n) is 6.19. The van der Waals surface area contributed by atoms with E-state index in [0.717, 1.165) is 18.8 Å². The van der Waals surface area contributed by atoms with Crippen LogP contribution in [0.15, 0.2) is 35.7 Å². The third-order valence-corrected chi connectivity index (χ3v) is 3.85. The molecule has 1 heterocycles. The Morgan fingerprint density at radius 3 is 2.83 bits per heavy atom. The average Bonchev–Trinajstić information content (AvgIpc) is 2.87. The molecule has 0 aliphatic heterocycles. The zero-order valence-corrected chi connectivity index (χ0v) is 11.7. The van der Waals surface area contributed by atoms with Crippen molar-refractivity contribution in [3.8, 4) is 5.75 Å². The van der Waals surface area contributed by atoms with E-state index in [9.17, 15) is 0 Å². The molecular formula is C15H19NOS. The molecule has 96 valence electrons. The highest BCUT2D eigenvalue weighted by atomic mass is 32.1. The molecule has 2 nitrogen and oxygen atoms in total. The second-order valence-electron chi connectivity index (χ2n) is 4.30. The molecule has 0 radical (unpaired) electrons. The van der Waals surface area contributed by atoms with Gasteiger partial charge in [0.1, 0.15) is 12.4 Å². The van der Waals surface area contributed by atoms with E-state index in [0.29, 0.717) is 6.61 Å². The molecule has 2 aromatic rings. The predicted octanol–water partition coefficient (Wildman–Crippen LogP) is 3.53. The highest BCUT2D eigenvalue weighted by Gasteiger charge is 2.01. The number of hydrogen-bond donors (Lipinski definition) is 1. The van der Waals surface area contributed by atoms with Crippen LogP contribution in [0.3, 0.4) is 0 Å². The lowest BCUT2D eigenvalue weighted by molar-refractivity contribution is 0.311. The van der Waals surface area contributed by atoms with Gasteiger partial charge >= 0.3 is 0 Å². The quantitative estimate of drug-likeness (QED) is 0.803. The highest BCUT2D eigenvalue weighted by molar-refractivity contribution is 7.09. The van der Waals surface area contributed by atoms with Crippen LogP contribution in [0.1, 0.15) is 16.0 Å². The number of aryl methyl sites for hydroxylation is 1. The second-order valence-corrected chi connectivity index (χ2v) is 5.33. The summed E-state index contributed by atoms with van der Waals surface area (Å²) in [6, 6.07) is 10.4. The van der Waals surface area contributed by atoms with Gasteiger partial charge in [-0.15, -0.1) is 11.3 Å². The van der Waals surface area contributed by atoms with Gasteiger partial charge in [0, 0.05) is 18.0 Å². The molecule has 2 rings (SSSR count). The Balaban J connectivity index is 1.70. The minimum absolute atomic E-state index is 0.704. The summed E-state index contributed by atoms with van der Waals surface area (Å²) in [6.07, 6.45) is 0. The van der Waals surface area contributed by atoms with Crippen LogP contribution in [-0.2, 0) is 6.54 Å². The molecule has 3 heteroatoms. The molecule has 18 heavy (non-hydrogen) atoms. The van der Waals surface area contributed by atoms with Gasteiger partial charge in [0.05, 0.1) is 0 Å². The van der Waals surface area contributed by atoms with Crippen molar-refractivity contribution in [1.29, 1.82) is 0 Å². The summed E-state index contributed by atoms with van der Waals surface area (Å²) < 4.78 is 5.78. The van der Waals surface area contributed by atoms with E-state index in [1.54, 1.807) is 11.3 Å². The Labute approximate surface area is 113 Å². The van der Waals surface area contributed by atoms with E-state index < -0.39 is 0 Å². The maximum absolute atomic E-state index is 5.78. The van der Waals surface area contributed by atoms with Crippen molar-refractivity contribution >= 4 is 11.3 Å². The zero-order valence-electron chi connectivity index (χ0n) is 10.9. The Hall–Kier alpha value is -1.32. The number of thiophene rings is 1. The summed E-state index contributed by atoms with van der Waals surface area (Å²) in [5, 5.41) is 5.48. The average molecular weight is 261 g/mol. The maximum Gasteiger partial charge on any atom is 0.122 e. The maximum atomic E-state index is 5.78. The van der Waals surface area contributed by atoms with Gasteiger partial charge in [-0.1, -0.05) is 18.2 Å². The normalized spacial score (nSPS) is 10.6. The van der Waals surface area contributed by atoms with Crippen molar-refractivity contribution in [3.63, 3.8) is 0 Å². The largest absolute Gasteiger partial charge is 0.492 e. The van der Waals surface area contributed by atoms with Gasteiger partial charge in [-0.05, 0) is 42.5 Å². The highest BCUT2D eigenvalue weighted by Crippen LogP contribution is 2.20. The molecule has 0 bridgehead atoms. The van der Waals surface area contributed by atoms with Crippen molar-refractivity contribution in [1.82, 2.24) is 5.32 Å². The fourth-order valence-corrected chi connectivity index (χ4v) is 2.41. The third-order valence-electron chi connectivity index (χ3n) is 2.97. The van der Waals surface area contributed by atoms with Gasteiger partial charge < -0.3 is 10.1 Å². The fraction of sp³-hybridized carbons (Fsp3) is 0.333. The van der Waals surface area contributed by atoms with Crippen LogP contribution in [0.2, 0.25) is 0 Å². The van der Waals surface area contributed by atoms with Crippen LogP contribution in [-0.4, -0.2) is 13.2 Å². The first-order chi connectivity index (χ1) is 8.77. The Morgan fingerprint density at radius 1 is 1.17 bits per heavy atom. The Morgan fingerprint density at radius 2 is 2.06 bits per heavy atom. The Kier molecular flexibility index (Phi) is 4.79. The van der Waals surface area contributed by atoms with E-state index in [1.165, 1.54) is 16.0 Å². The van der Waals surface area contributed by atoms with Crippen LogP contribution >= 0.6 is 11.3 Å². The lowest BCUT2D eigenvalue weighted by Gasteiger charge is -2.11. The van der Waals surface area contributed by atoms with Gasteiger partial charge in [0.25, 0.3) is 0 Å². The van der Waals surface area contributed by atoms with Crippen molar-refractivity contribution in [2.24, 2.45) is 0 Å². The topological polar surface area (TPSA) is 21.3 Å². The monoisotopic (exact) mass is 261 g/mol. The number of nitrogens with one attached hydrogen (secondary N) is 1. The standard InChI is InChI=1S/C15H19NOS/c1-12-5-3-7-15(13(12)2)17-9-8-16-11-14-6-4-10-18-14/h3-7,10,16H,8-9,11H2,1-2H3. The summed E-state index contributed by atoms with van der Waals surface area (Å²) in [4.78, 5) is 1.36. The Bertz CT molecular complexity index is 479. The fourth-order valence-electron chi connectivity index (χ4n) is 1.74. The van der Waals surface area contributed by atoms with Gasteiger partial charge in [-0.3, -0.25) is 0 Å². The van der Waals surface area contributed by atoms with E-state index in [1.807, 2.05) is 12.1 Å². The number of hydrogen-bond acceptors (Lipinski definition) is 3. The molecule has 0 aliphatic carbocycles. The van der Waals surface area contributed by atoms with Crippen LogP contribution < -0.4 is 10.1 Å². The summed E-state index contributed by atoms with van der Waals surface area (Å²) in [6.45, 7) is 6.70. The lowest BCUT2D eigenvalue weighted by Crippen LogP contribution is -2.20. The van der Waals surface area contributed by atoms with E-state index in [4.69, 9.17) is 4.74 Å². The molecule has 0 saturated carbocycles. The SMILES string of the molecule is Cc1cccc(OCCNCc2cccs2)c1C. The summed E-state index contributed by atoms with van der Waals surface area (Å²) in [5.41, 5.74) is 2.51. The van der Waals surface area contributed by atoms with Crippen molar-refractivity contribution < 1.29 is 4.74 Å². The molecule has 1 aromatic carbocycles. The van der Waals surface area contributed by atoms with Gasteiger partial charge in [-0.2, -0.15) is 0 Å². The van der Waals surface area contributed by atoms with E-state index in [-0.39, 0.29) is 0 Å². The lowest BCUT2D eigenvalue weighted by atomic mass is 10.1. The van der Waals surface area contributed by atoms with Crippen molar-refractivity contribution in [3.05, 3.63) is 51.7 Å². The van der Waals surface area contributed by atoms with Gasteiger partial charge in [0.15, 0.2) is 0 Å². The van der Waals surface area contributed by atoms with Gasteiger partial charge in [0.2, 0.25) is 0 Å². The van der Waals surface area contributed by atoms with E-state index >= 15 is 0 Å². The molecule has 0 atom stereocenters. The van der Waals surface area contributed by atoms with E-state index in [2.05, 4.69) is 42.7 Å². The zero-order chi connectivity index (χ0) is 12.8. The molecule has 0 amide bonds. The first-order valence-corrected chi connectivity index (χ1v) is 7.07. The molecule has 0 spiro atoms. The van der Waals surface area contributed by atoms with Crippen molar-refractivity contribution in [2.75, 3.05) is 13.2 Å². The summed E-state index contributed by atoms with van der Waals surface area (Å²) in [5.74, 6) is 0.993. The van der Waals surface area contributed by atoms with Gasteiger partial charge in [-0.25, -0.2) is 0 Å². The first kappa shape index (κ1) is 13.1. The number of ether oxygens (including phenoxy) is 1. The minimum atomic E-state index is 0.704. The van der Waals surface area contributed by atoms with Crippen LogP contribution in [0.5, 0.6) is 5.75 Å². The summed E-state index contributed by atoms with van der Waals surface area (Å²) in [7, 11) is 0. The summed E-state index contributed by atoms with van der Waals surface area (Å²) >= 11 is 1.78. The molecule has 1 N–H and O–H groups in total. The van der Waals surface area contributed by atoms with Crippen LogP contribution in [0.25, 0.3) is 0 Å². The second kappa shape index (κ2) is 6.57. The van der Waals surface area contributed by atoms with Crippen LogP contribution in [0.4, 0.5) is 0 Å². The smallest absolute Gasteiger partial charge is 0.122 e. The molecule has 0 fully saturated rings. The predicted molar refractivity (Wildman–Crippen MR) is 77.4 cm³/mol. The number of rotatable bonds is 6.